The first-order chi connectivity index (χ1) is 13.9. The van der Waals surface area contributed by atoms with E-state index in [0.717, 1.165) is 11.1 Å². The van der Waals surface area contributed by atoms with E-state index >= 15 is 0 Å². The molecule has 29 heavy (non-hydrogen) atoms. The molecule has 0 spiro atoms. The average molecular weight is 397 g/mol. The van der Waals surface area contributed by atoms with Crippen LogP contribution in [-0.4, -0.2) is 36.5 Å². The number of aryl methyl sites for hydroxylation is 2. The van der Waals surface area contributed by atoms with Crippen molar-refractivity contribution in [1.82, 2.24) is 10.3 Å². The second kappa shape index (κ2) is 8.64. The first kappa shape index (κ1) is 20.2. The van der Waals surface area contributed by atoms with E-state index in [0.29, 0.717) is 28.5 Å². The zero-order valence-corrected chi connectivity index (χ0v) is 17.0. The Balaban J connectivity index is 1.75. The van der Waals surface area contributed by atoms with Crippen LogP contribution in [0.3, 0.4) is 0 Å². The highest BCUT2D eigenvalue weighted by atomic mass is 16.6. The minimum Gasteiger partial charge on any atom is -0.493 e. The number of rotatable bonds is 7. The summed E-state index contributed by atoms with van der Waals surface area (Å²) < 4.78 is 21.1. The van der Waals surface area contributed by atoms with Crippen molar-refractivity contribution >= 4 is 11.7 Å². The van der Waals surface area contributed by atoms with Gasteiger partial charge in [-0.15, -0.1) is 0 Å². The maximum atomic E-state index is 12.6. The number of nitrogens with zero attached hydrogens (tertiary/aromatic N) is 2. The van der Waals surface area contributed by atoms with Gasteiger partial charge in [-0.05, 0) is 72.5 Å². The summed E-state index contributed by atoms with van der Waals surface area (Å²) in [6, 6.07) is 10.9. The molecule has 8 heteroatoms. The zero-order chi connectivity index (χ0) is 21.0. The number of nitrogens with one attached hydrogen (secondary N) is 1. The van der Waals surface area contributed by atoms with Crippen molar-refractivity contribution in [2.75, 3.05) is 19.5 Å². The van der Waals surface area contributed by atoms with Crippen LogP contribution < -0.4 is 19.5 Å². The van der Waals surface area contributed by atoms with E-state index in [-0.39, 0.29) is 11.7 Å². The van der Waals surface area contributed by atoms with Crippen LogP contribution in [0.15, 0.2) is 41.0 Å². The van der Waals surface area contributed by atoms with Crippen LogP contribution in [0.2, 0.25) is 0 Å². The van der Waals surface area contributed by atoms with E-state index < -0.39 is 6.10 Å². The molecular formula is C21H23N3O5. The lowest BCUT2D eigenvalue weighted by atomic mass is 10.1. The summed E-state index contributed by atoms with van der Waals surface area (Å²) in [5.41, 5.74) is 3.27. The number of anilines is 1. The molecule has 0 saturated heterocycles. The summed E-state index contributed by atoms with van der Waals surface area (Å²) in [6.07, 6.45) is -0.743. The third-order valence-electron chi connectivity index (χ3n) is 4.55. The number of hydrogen-bond acceptors (Lipinski definition) is 7. The van der Waals surface area contributed by atoms with Gasteiger partial charge in [-0.2, -0.15) is 0 Å². The average Bonchev–Trinajstić information content (AvgIpc) is 3.18. The summed E-state index contributed by atoms with van der Waals surface area (Å²) in [7, 11) is 3.09. The molecule has 3 aromatic rings. The number of aromatic nitrogens is 2. The van der Waals surface area contributed by atoms with Crippen molar-refractivity contribution in [3.8, 4) is 28.5 Å². The Bertz CT molecular complexity index is 1020. The highest BCUT2D eigenvalue weighted by Crippen LogP contribution is 2.33. The predicted octanol–water partition coefficient (Wildman–Crippen LogP) is 3.78. The van der Waals surface area contributed by atoms with Gasteiger partial charge in [0.15, 0.2) is 23.3 Å². The molecule has 8 nitrogen and oxygen atoms in total. The molecule has 1 heterocycles. The van der Waals surface area contributed by atoms with E-state index in [1.54, 1.807) is 32.2 Å². The van der Waals surface area contributed by atoms with Gasteiger partial charge in [0.2, 0.25) is 5.82 Å². The van der Waals surface area contributed by atoms with Gasteiger partial charge < -0.3 is 19.5 Å². The van der Waals surface area contributed by atoms with Crippen LogP contribution in [0.1, 0.15) is 18.1 Å². The number of methoxy groups -OCH3 is 2. The van der Waals surface area contributed by atoms with E-state index in [1.807, 2.05) is 32.0 Å². The van der Waals surface area contributed by atoms with Gasteiger partial charge in [-0.25, -0.2) is 4.63 Å². The first-order valence-corrected chi connectivity index (χ1v) is 9.02. The zero-order valence-electron chi connectivity index (χ0n) is 17.0. The quantitative estimate of drug-likeness (QED) is 0.648. The van der Waals surface area contributed by atoms with Gasteiger partial charge in [-0.1, -0.05) is 6.07 Å². The number of hydrogen-bond donors (Lipinski definition) is 1. The van der Waals surface area contributed by atoms with Crippen LogP contribution in [0.25, 0.3) is 11.3 Å². The largest absolute Gasteiger partial charge is 0.493 e. The first-order valence-electron chi connectivity index (χ1n) is 9.02. The van der Waals surface area contributed by atoms with E-state index in [9.17, 15) is 4.79 Å². The second-order valence-electron chi connectivity index (χ2n) is 6.53. The maximum absolute atomic E-state index is 12.6. The fraction of sp³-hybridized carbons (Fsp3) is 0.286. The topological polar surface area (TPSA) is 95.7 Å². The van der Waals surface area contributed by atoms with Crippen molar-refractivity contribution in [3.05, 3.63) is 47.5 Å². The highest BCUT2D eigenvalue weighted by Gasteiger charge is 2.21. The van der Waals surface area contributed by atoms with Gasteiger partial charge in [0.25, 0.3) is 5.91 Å². The minimum atomic E-state index is -0.743. The highest BCUT2D eigenvalue weighted by molar-refractivity contribution is 5.96. The Morgan fingerprint density at radius 1 is 1.00 bits per heavy atom. The molecule has 1 amide bonds. The molecule has 0 fully saturated rings. The molecule has 0 saturated carbocycles. The smallest absolute Gasteiger partial charge is 0.266 e. The molecule has 1 atom stereocenters. The monoisotopic (exact) mass is 397 g/mol. The molecule has 0 aliphatic rings. The normalized spacial score (nSPS) is 11.6. The van der Waals surface area contributed by atoms with Gasteiger partial charge in [0, 0.05) is 5.56 Å². The van der Waals surface area contributed by atoms with Gasteiger partial charge in [-0.3, -0.25) is 4.79 Å². The third kappa shape index (κ3) is 4.48. The minimum absolute atomic E-state index is 0.192. The predicted molar refractivity (Wildman–Crippen MR) is 107 cm³/mol. The van der Waals surface area contributed by atoms with E-state index in [1.165, 1.54) is 7.11 Å². The molecule has 0 bridgehead atoms. The van der Waals surface area contributed by atoms with Crippen molar-refractivity contribution in [2.45, 2.75) is 26.9 Å². The van der Waals surface area contributed by atoms with Crippen LogP contribution in [0, 0.1) is 13.8 Å². The molecule has 0 unspecified atom stereocenters. The Kier molecular flexibility index (Phi) is 6.01. The molecular weight excluding hydrogens is 374 g/mol. The number of carbonyl (C=O) groups excluding carboxylic acids is 1. The van der Waals surface area contributed by atoms with Crippen LogP contribution >= 0.6 is 0 Å². The second-order valence-corrected chi connectivity index (χ2v) is 6.53. The molecule has 1 N–H and O–H groups in total. The van der Waals surface area contributed by atoms with Gasteiger partial charge in [0.1, 0.15) is 5.75 Å². The third-order valence-corrected chi connectivity index (χ3v) is 4.55. The van der Waals surface area contributed by atoms with Crippen molar-refractivity contribution in [2.24, 2.45) is 0 Å². The lowest BCUT2D eigenvalue weighted by Crippen LogP contribution is -2.30. The maximum Gasteiger partial charge on any atom is 0.266 e. The van der Waals surface area contributed by atoms with Gasteiger partial charge in [0.05, 0.1) is 14.2 Å². The Morgan fingerprint density at radius 3 is 2.45 bits per heavy atom. The Morgan fingerprint density at radius 2 is 1.76 bits per heavy atom. The summed E-state index contributed by atoms with van der Waals surface area (Å²) in [6.45, 7) is 5.67. The number of carbonyl (C=O) groups is 1. The Labute approximate surface area is 168 Å². The van der Waals surface area contributed by atoms with Crippen LogP contribution in [0.5, 0.6) is 17.2 Å². The standard InChI is InChI=1S/C21H23N3O5/c1-12-6-8-16(10-13(12)2)28-14(3)21(25)22-20-19(23-29-24-20)15-7-9-17(26-4)18(11-15)27-5/h6-11,14H,1-5H3,(H,22,24,25)/t14-/m1/s1. The summed E-state index contributed by atoms with van der Waals surface area (Å²) in [5.74, 6) is 1.54. The fourth-order valence-electron chi connectivity index (χ4n) is 2.71. The van der Waals surface area contributed by atoms with E-state index in [4.69, 9.17) is 18.8 Å². The molecule has 152 valence electrons. The van der Waals surface area contributed by atoms with Crippen molar-refractivity contribution < 1.29 is 23.6 Å². The lowest BCUT2D eigenvalue weighted by Gasteiger charge is -2.15. The molecule has 3 rings (SSSR count). The number of benzene rings is 2. The van der Waals surface area contributed by atoms with Crippen molar-refractivity contribution in [1.29, 1.82) is 0 Å². The number of ether oxygens (including phenoxy) is 3. The fourth-order valence-corrected chi connectivity index (χ4v) is 2.71. The molecule has 0 aliphatic heterocycles. The molecule has 0 aliphatic carbocycles. The molecule has 0 radical (unpaired) electrons. The van der Waals surface area contributed by atoms with Crippen LogP contribution in [-0.2, 0) is 4.79 Å². The van der Waals surface area contributed by atoms with Crippen molar-refractivity contribution in [3.63, 3.8) is 0 Å². The molecule has 2 aromatic carbocycles. The van der Waals surface area contributed by atoms with E-state index in [2.05, 4.69) is 15.6 Å². The SMILES string of the molecule is COc1ccc(-c2nonc2NC(=O)[C@@H](C)Oc2ccc(C)c(C)c2)cc1OC. The summed E-state index contributed by atoms with van der Waals surface area (Å²) in [4.78, 5) is 12.6. The summed E-state index contributed by atoms with van der Waals surface area (Å²) in [5, 5.41) is 10.4. The lowest BCUT2D eigenvalue weighted by molar-refractivity contribution is -0.122. The summed E-state index contributed by atoms with van der Waals surface area (Å²) >= 11 is 0. The number of amides is 1. The van der Waals surface area contributed by atoms with Gasteiger partial charge >= 0.3 is 0 Å². The molecule has 1 aromatic heterocycles. The Hall–Kier alpha value is -3.55. The van der Waals surface area contributed by atoms with Crippen LogP contribution in [0.4, 0.5) is 5.82 Å².